The second-order valence-electron chi connectivity index (χ2n) is 3.38. The van der Waals surface area contributed by atoms with E-state index in [1.807, 2.05) is 0 Å². The second-order valence-corrected chi connectivity index (χ2v) is 3.38. The molecule has 1 aromatic carbocycles. The van der Waals surface area contributed by atoms with Crippen LogP contribution in [0.5, 0.6) is 0 Å². The lowest BCUT2D eigenvalue weighted by Crippen LogP contribution is -2.04. The summed E-state index contributed by atoms with van der Waals surface area (Å²) in [5.74, 6) is -1.33. The number of methoxy groups -OCH3 is 1. The van der Waals surface area contributed by atoms with Crippen LogP contribution < -0.4 is 0 Å². The first-order valence-corrected chi connectivity index (χ1v) is 5.24. The average molecular weight is 249 g/mol. The average Bonchev–Trinajstić information content (AvgIpc) is 2.38. The van der Waals surface area contributed by atoms with Crippen LogP contribution in [0.15, 0.2) is 29.4 Å². The summed E-state index contributed by atoms with van der Waals surface area (Å²) < 4.78 is 18.0. The fourth-order valence-corrected chi connectivity index (χ4v) is 1.31. The summed E-state index contributed by atoms with van der Waals surface area (Å²) in [5.41, 5.74) is 8.60. The molecule has 0 N–H and O–H groups in total. The predicted octanol–water partition coefficient (Wildman–Crippen LogP) is 3.33. The number of ether oxygens (including phenoxy) is 1. The number of azide groups is 1. The fraction of sp³-hybridized carbons (Fsp3) is 0.250. The molecule has 0 spiro atoms. The van der Waals surface area contributed by atoms with Gasteiger partial charge in [-0.25, -0.2) is 9.18 Å². The van der Waals surface area contributed by atoms with Gasteiger partial charge >= 0.3 is 5.97 Å². The van der Waals surface area contributed by atoms with Crippen molar-refractivity contribution in [1.82, 2.24) is 0 Å². The third kappa shape index (κ3) is 3.92. The molecule has 0 saturated heterocycles. The predicted molar refractivity (Wildman–Crippen MR) is 65.4 cm³/mol. The van der Waals surface area contributed by atoms with E-state index < -0.39 is 11.8 Å². The molecule has 0 fully saturated rings. The Bertz CT molecular complexity index is 508. The van der Waals surface area contributed by atoms with Gasteiger partial charge in [-0.3, -0.25) is 0 Å². The number of rotatable bonds is 5. The van der Waals surface area contributed by atoms with Gasteiger partial charge in [0.2, 0.25) is 0 Å². The zero-order chi connectivity index (χ0) is 13.4. The van der Waals surface area contributed by atoms with Crippen molar-refractivity contribution in [1.29, 1.82) is 0 Å². The third-order valence-corrected chi connectivity index (χ3v) is 2.17. The van der Waals surface area contributed by atoms with E-state index in [1.165, 1.54) is 19.2 Å². The van der Waals surface area contributed by atoms with E-state index in [4.69, 9.17) is 5.53 Å². The van der Waals surface area contributed by atoms with Crippen molar-refractivity contribution in [3.63, 3.8) is 0 Å². The van der Waals surface area contributed by atoms with Gasteiger partial charge in [0.1, 0.15) is 5.82 Å². The van der Waals surface area contributed by atoms with Crippen LogP contribution in [-0.2, 0) is 4.74 Å². The number of hydrogen-bond acceptors (Lipinski definition) is 3. The Morgan fingerprint density at radius 2 is 2.39 bits per heavy atom. The highest BCUT2D eigenvalue weighted by Gasteiger charge is 2.11. The molecule has 0 aromatic heterocycles. The first kappa shape index (κ1) is 13.7. The van der Waals surface area contributed by atoms with Crippen LogP contribution >= 0.6 is 0 Å². The van der Waals surface area contributed by atoms with Crippen LogP contribution in [0.2, 0.25) is 0 Å². The van der Waals surface area contributed by atoms with Crippen molar-refractivity contribution in [2.75, 3.05) is 13.7 Å². The maximum Gasteiger partial charge on any atom is 0.340 e. The molecule has 0 saturated carbocycles. The molecule has 0 bridgehead atoms. The van der Waals surface area contributed by atoms with Crippen LogP contribution in [0, 0.1) is 5.82 Å². The Morgan fingerprint density at radius 1 is 1.61 bits per heavy atom. The molecule has 0 radical (unpaired) electrons. The Balaban J connectivity index is 2.72. The molecule has 1 aromatic rings. The molecule has 0 unspecified atom stereocenters. The Kier molecular flexibility index (Phi) is 5.41. The summed E-state index contributed by atoms with van der Waals surface area (Å²) in [5, 5.41) is 3.36. The SMILES string of the molecule is COC(=O)c1ccc(C=CCCN=[N+]=[N-])cc1F. The van der Waals surface area contributed by atoms with E-state index in [0.29, 0.717) is 18.5 Å². The lowest BCUT2D eigenvalue weighted by molar-refractivity contribution is 0.0595. The van der Waals surface area contributed by atoms with Crippen molar-refractivity contribution < 1.29 is 13.9 Å². The van der Waals surface area contributed by atoms with E-state index >= 15 is 0 Å². The van der Waals surface area contributed by atoms with Gasteiger partial charge in [0.25, 0.3) is 0 Å². The standard InChI is InChI=1S/C12H12FN3O2/c1-18-12(17)10-6-5-9(8-11(10)13)4-2-3-7-15-16-14/h2,4-6,8H,3,7H2,1H3. The van der Waals surface area contributed by atoms with E-state index in [0.717, 1.165) is 0 Å². The van der Waals surface area contributed by atoms with E-state index in [9.17, 15) is 9.18 Å². The molecule has 0 aliphatic rings. The number of benzene rings is 1. The minimum atomic E-state index is -0.702. The molecule has 1 rings (SSSR count). The molecule has 0 atom stereocenters. The van der Waals surface area contributed by atoms with Crippen molar-refractivity contribution in [3.05, 3.63) is 51.7 Å². The lowest BCUT2D eigenvalue weighted by Gasteiger charge is -2.01. The van der Waals surface area contributed by atoms with Gasteiger partial charge in [0, 0.05) is 11.5 Å². The Hall–Kier alpha value is -2.33. The zero-order valence-corrected chi connectivity index (χ0v) is 9.84. The molecule has 0 aliphatic carbocycles. The van der Waals surface area contributed by atoms with Gasteiger partial charge in [-0.2, -0.15) is 0 Å². The number of nitrogens with zero attached hydrogens (tertiary/aromatic N) is 3. The summed E-state index contributed by atoms with van der Waals surface area (Å²) in [6.07, 6.45) is 4.03. The van der Waals surface area contributed by atoms with Gasteiger partial charge in [-0.15, -0.1) is 0 Å². The zero-order valence-electron chi connectivity index (χ0n) is 9.84. The molecule has 0 aliphatic heterocycles. The summed E-state index contributed by atoms with van der Waals surface area (Å²) >= 11 is 0. The molecule has 18 heavy (non-hydrogen) atoms. The van der Waals surface area contributed by atoms with Crippen molar-refractivity contribution in [3.8, 4) is 0 Å². The highest BCUT2D eigenvalue weighted by Crippen LogP contribution is 2.13. The number of esters is 1. The van der Waals surface area contributed by atoms with Gasteiger partial charge < -0.3 is 4.74 Å². The maximum atomic E-state index is 13.5. The van der Waals surface area contributed by atoms with Gasteiger partial charge in [0.05, 0.1) is 12.7 Å². The number of halogens is 1. The summed E-state index contributed by atoms with van der Waals surface area (Å²) in [7, 11) is 1.20. The highest BCUT2D eigenvalue weighted by atomic mass is 19.1. The lowest BCUT2D eigenvalue weighted by atomic mass is 10.1. The molecule has 0 amide bonds. The largest absolute Gasteiger partial charge is 0.465 e. The molecular formula is C12H12FN3O2. The Morgan fingerprint density at radius 3 is 3.00 bits per heavy atom. The summed E-state index contributed by atoms with van der Waals surface area (Å²) in [4.78, 5) is 13.8. The minimum Gasteiger partial charge on any atom is -0.465 e. The maximum absolute atomic E-state index is 13.5. The minimum absolute atomic E-state index is 0.0938. The second kappa shape index (κ2) is 7.09. The van der Waals surface area contributed by atoms with Crippen LogP contribution in [0.3, 0.4) is 0 Å². The van der Waals surface area contributed by atoms with Crippen LogP contribution in [0.4, 0.5) is 4.39 Å². The number of carbonyl (C=O) groups excluding carboxylic acids is 1. The summed E-state index contributed by atoms with van der Waals surface area (Å²) in [6, 6.07) is 4.23. The first-order chi connectivity index (χ1) is 8.69. The molecular weight excluding hydrogens is 237 g/mol. The third-order valence-electron chi connectivity index (χ3n) is 2.17. The Labute approximate surface area is 104 Å². The molecule has 5 nitrogen and oxygen atoms in total. The van der Waals surface area contributed by atoms with Crippen LogP contribution in [0.25, 0.3) is 16.5 Å². The first-order valence-electron chi connectivity index (χ1n) is 5.24. The van der Waals surface area contributed by atoms with Crippen molar-refractivity contribution in [2.24, 2.45) is 5.11 Å². The van der Waals surface area contributed by atoms with E-state index in [-0.39, 0.29) is 5.56 Å². The van der Waals surface area contributed by atoms with E-state index in [1.54, 1.807) is 18.2 Å². The normalized spacial score (nSPS) is 10.1. The topological polar surface area (TPSA) is 75.1 Å². The number of hydrogen-bond donors (Lipinski definition) is 0. The quantitative estimate of drug-likeness (QED) is 0.264. The van der Waals surface area contributed by atoms with Crippen LogP contribution in [-0.4, -0.2) is 19.6 Å². The highest BCUT2D eigenvalue weighted by molar-refractivity contribution is 5.89. The smallest absolute Gasteiger partial charge is 0.340 e. The van der Waals surface area contributed by atoms with Gasteiger partial charge in [-0.1, -0.05) is 23.3 Å². The van der Waals surface area contributed by atoms with Crippen molar-refractivity contribution in [2.45, 2.75) is 6.42 Å². The van der Waals surface area contributed by atoms with E-state index in [2.05, 4.69) is 14.8 Å². The summed E-state index contributed by atoms with van der Waals surface area (Å²) in [6.45, 7) is 0.357. The van der Waals surface area contributed by atoms with Crippen LogP contribution in [0.1, 0.15) is 22.3 Å². The molecule has 0 heterocycles. The number of carbonyl (C=O) groups is 1. The fourth-order valence-electron chi connectivity index (χ4n) is 1.31. The molecule has 94 valence electrons. The van der Waals surface area contributed by atoms with Gasteiger partial charge in [-0.05, 0) is 29.6 Å². The monoisotopic (exact) mass is 249 g/mol. The molecule has 6 heteroatoms. The van der Waals surface area contributed by atoms with Gasteiger partial charge in [0.15, 0.2) is 0 Å². The van der Waals surface area contributed by atoms with Crippen molar-refractivity contribution >= 4 is 12.0 Å².